The number of carbonyl (C=O) groups excluding carboxylic acids is 1. The van der Waals surface area contributed by atoms with E-state index in [0.29, 0.717) is 17.4 Å². The molecule has 0 bridgehead atoms. The number of anilines is 1. The minimum absolute atomic E-state index is 0.0815. The summed E-state index contributed by atoms with van der Waals surface area (Å²) in [6, 6.07) is 2.89. The lowest BCUT2D eigenvalue weighted by molar-refractivity contribution is 0.247. The van der Waals surface area contributed by atoms with E-state index in [1.54, 1.807) is 23.1 Å². The van der Waals surface area contributed by atoms with Crippen LogP contribution in [-0.4, -0.2) is 31.8 Å². The second kappa shape index (κ2) is 6.14. The van der Waals surface area contributed by atoms with E-state index in [4.69, 9.17) is 11.6 Å². The van der Waals surface area contributed by atoms with Crippen LogP contribution in [0.1, 0.15) is 6.92 Å². The highest BCUT2D eigenvalue weighted by atomic mass is 35.5. The van der Waals surface area contributed by atoms with Crippen molar-refractivity contribution in [2.24, 2.45) is 0 Å². The Kier molecular flexibility index (Phi) is 4.30. The Labute approximate surface area is 115 Å². The van der Waals surface area contributed by atoms with Gasteiger partial charge in [0.2, 0.25) is 0 Å². The SMILES string of the molecule is CC(Cn1cncn1)NC(=O)Nc1ccc(Cl)nc1. The molecule has 0 fully saturated rings. The Bertz CT molecular complexity index is 527. The molecule has 0 saturated heterocycles. The van der Waals surface area contributed by atoms with Crippen LogP contribution in [0.25, 0.3) is 0 Å². The lowest BCUT2D eigenvalue weighted by Gasteiger charge is -2.14. The summed E-state index contributed by atoms with van der Waals surface area (Å²) in [4.78, 5) is 19.4. The predicted octanol–water partition coefficient (Wildman–Crippen LogP) is 1.54. The van der Waals surface area contributed by atoms with Crippen molar-refractivity contribution in [1.29, 1.82) is 0 Å². The van der Waals surface area contributed by atoms with Gasteiger partial charge in [-0.3, -0.25) is 4.68 Å². The van der Waals surface area contributed by atoms with Crippen LogP contribution in [0.5, 0.6) is 0 Å². The zero-order valence-corrected chi connectivity index (χ0v) is 11.0. The number of aromatic nitrogens is 4. The first-order valence-electron chi connectivity index (χ1n) is 5.65. The molecule has 0 aliphatic heterocycles. The molecule has 0 saturated carbocycles. The highest BCUT2D eigenvalue weighted by molar-refractivity contribution is 6.29. The molecule has 1 atom stereocenters. The highest BCUT2D eigenvalue weighted by Gasteiger charge is 2.08. The second-order valence-corrected chi connectivity index (χ2v) is 4.37. The summed E-state index contributed by atoms with van der Waals surface area (Å²) in [5.74, 6) is 0. The zero-order valence-electron chi connectivity index (χ0n) is 10.2. The van der Waals surface area contributed by atoms with Crippen LogP contribution >= 0.6 is 11.6 Å². The molecule has 0 aromatic carbocycles. The molecule has 2 aromatic heterocycles. The van der Waals surface area contributed by atoms with Crippen LogP contribution in [0, 0.1) is 0 Å². The smallest absolute Gasteiger partial charge is 0.319 e. The molecular formula is C11H13ClN6O. The van der Waals surface area contributed by atoms with Crippen molar-refractivity contribution in [3.63, 3.8) is 0 Å². The van der Waals surface area contributed by atoms with Crippen LogP contribution in [0.3, 0.4) is 0 Å². The van der Waals surface area contributed by atoms with Crippen LogP contribution in [0.15, 0.2) is 31.0 Å². The maximum absolute atomic E-state index is 11.7. The van der Waals surface area contributed by atoms with Gasteiger partial charge in [0.05, 0.1) is 18.4 Å². The van der Waals surface area contributed by atoms with Gasteiger partial charge in [-0.25, -0.2) is 14.8 Å². The lowest BCUT2D eigenvalue weighted by atomic mass is 10.3. The van der Waals surface area contributed by atoms with Gasteiger partial charge in [0, 0.05) is 6.04 Å². The fourth-order valence-electron chi connectivity index (χ4n) is 1.49. The molecule has 2 rings (SSSR count). The first kappa shape index (κ1) is 13.3. The second-order valence-electron chi connectivity index (χ2n) is 3.99. The van der Waals surface area contributed by atoms with Crippen molar-refractivity contribution in [3.05, 3.63) is 36.1 Å². The first-order chi connectivity index (χ1) is 9.13. The molecule has 7 nitrogen and oxygen atoms in total. The number of nitrogens with one attached hydrogen (secondary N) is 2. The molecule has 2 heterocycles. The molecule has 2 amide bonds. The summed E-state index contributed by atoms with van der Waals surface area (Å²) in [7, 11) is 0. The monoisotopic (exact) mass is 280 g/mol. The van der Waals surface area contributed by atoms with Gasteiger partial charge in [0.25, 0.3) is 0 Å². The number of carbonyl (C=O) groups is 1. The Morgan fingerprint density at radius 3 is 3.00 bits per heavy atom. The van der Waals surface area contributed by atoms with Gasteiger partial charge in [0.1, 0.15) is 17.8 Å². The largest absolute Gasteiger partial charge is 0.334 e. The number of nitrogens with zero attached hydrogens (tertiary/aromatic N) is 4. The Hall–Kier alpha value is -2.15. The standard InChI is InChI=1S/C11H13ClN6O/c1-8(5-18-7-13-6-15-18)16-11(19)17-9-2-3-10(12)14-4-9/h2-4,6-8H,5H2,1H3,(H2,16,17,19). The first-order valence-corrected chi connectivity index (χ1v) is 6.03. The fraction of sp³-hybridized carbons (Fsp3) is 0.273. The quantitative estimate of drug-likeness (QED) is 0.832. The van der Waals surface area contributed by atoms with Gasteiger partial charge in [-0.2, -0.15) is 5.10 Å². The van der Waals surface area contributed by atoms with E-state index < -0.39 is 0 Å². The topological polar surface area (TPSA) is 84.7 Å². The zero-order chi connectivity index (χ0) is 13.7. The molecular weight excluding hydrogens is 268 g/mol. The minimum atomic E-state index is -0.309. The normalized spacial score (nSPS) is 11.9. The third-order valence-electron chi connectivity index (χ3n) is 2.29. The Morgan fingerprint density at radius 1 is 1.53 bits per heavy atom. The van der Waals surface area contributed by atoms with Crippen LogP contribution in [0.4, 0.5) is 10.5 Å². The number of amides is 2. The van der Waals surface area contributed by atoms with E-state index in [-0.39, 0.29) is 12.1 Å². The number of hydrogen-bond donors (Lipinski definition) is 2. The molecule has 0 spiro atoms. The summed E-state index contributed by atoms with van der Waals surface area (Å²) >= 11 is 5.66. The van der Waals surface area contributed by atoms with Gasteiger partial charge in [0.15, 0.2) is 0 Å². The van der Waals surface area contributed by atoms with E-state index >= 15 is 0 Å². The molecule has 2 aromatic rings. The molecule has 8 heteroatoms. The average molecular weight is 281 g/mol. The number of rotatable bonds is 4. The van der Waals surface area contributed by atoms with Crippen molar-refractivity contribution in [2.45, 2.75) is 19.5 Å². The van der Waals surface area contributed by atoms with E-state index in [1.807, 2.05) is 6.92 Å². The number of hydrogen-bond acceptors (Lipinski definition) is 4. The van der Waals surface area contributed by atoms with Crippen LogP contribution < -0.4 is 10.6 Å². The molecule has 2 N–H and O–H groups in total. The van der Waals surface area contributed by atoms with E-state index in [1.165, 1.54) is 12.5 Å². The molecule has 100 valence electrons. The van der Waals surface area contributed by atoms with Gasteiger partial charge < -0.3 is 10.6 Å². The van der Waals surface area contributed by atoms with Gasteiger partial charge in [-0.15, -0.1) is 0 Å². The molecule has 0 aliphatic carbocycles. The summed E-state index contributed by atoms with van der Waals surface area (Å²) in [6.45, 7) is 2.42. The number of halogens is 1. The summed E-state index contributed by atoms with van der Waals surface area (Å²) in [5.41, 5.74) is 0.579. The minimum Gasteiger partial charge on any atom is -0.334 e. The van der Waals surface area contributed by atoms with Crippen molar-refractivity contribution in [1.82, 2.24) is 25.1 Å². The maximum Gasteiger partial charge on any atom is 0.319 e. The van der Waals surface area contributed by atoms with Crippen molar-refractivity contribution < 1.29 is 4.79 Å². The summed E-state index contributed by atoms with van der Waals surface area (Å²) < 4.78 is 1.65. The van der Waals surface area contributed by atoms with E-state index in [2.05, 4.69) is 25.7 Å². The Morgan fingerprint density at radius 2 is 2.37 bits per heavy atom. The number of pyridine rings is 1. The lowest BCUT2D eigenvalue weighted by Crippen LogP contribution is -2.38. The summed E-state index contributed by atoms with van der Waals surface area (Å²) in [5, 5.41) is 9.79. The molecule has 0 radical (unpaired) electrons. The molecule has 1 unspecified atom stereocenters. The third-order valence-corrected chi connectivity index (χ3v) is 2.51. The van der Waals surface area contributed by atoms with Crippen molar-refractivity contribution >= 4 is 23.3 Å². The average Bonchev–Trinajstić information content (AvgIpc) is 2.84. The van der Waals surface area contributed by atoms with Crippen LogP contribution in [0.2, 0.25) is 5.15 Å². The fourth-order valence-corrected chi connectivity index (χ4v) is 1.61. The predicted molar refractivity (Wildman–Crippen MR) is 70.9 cm³/mol. The number of urea groups is 1. The summed E-state index contributed by atoms with van der Waals surface area (Å²) in [6.07, 6.45) is 4.54. The Balaban J connectivity index is 1.82. The van der Waals surface area contributed by atoms with Crippen molar-refractivity contribution in [3.8, 4) is 0 Å². The van der Waals surface area contributed by atoms with Crippen molar-refractivity contribution in [2.75, 3.05) is 5.32 Å². The maximum atomic E-state index is 11.7. The van der Waals surface area contributed by atoms with Gasteiger partial charge >= 0.3 is 6.03 Å². The van der Waals surface area contributed by atoms with E-state index in [9.17, 15) is 4.79 Å². The van der Waals surface area contributed by atoms with Gasteiger partial charge in [-0.05, 0) is 19.1 Å². The van der Waals surface area contributed by atoms with Crippen LogP contribution in [-0.2, 0) is 6.54 Å². The molecule has 19 heavy (non-hydrogen) atoms. The third kappa shape index (κ3) is 4.22. The van der Waals surface area contributed by atoms with Gasteiger partial charge in [-0.1, -0.05) is 11.6 Å². The highest BCUT2D eigenvalue weighted by Crippen LogP contribution is 2.09. The molecule has 0 aliphatic rings. The van der Waals surface area contributed by atoms with E-state index in [0.717, 1.165) is 0 Å².